The van der Waals surface area contributed by atoms with Gasteiger partial charge in [-0.25, -0.2) is 13.6 Å². The van der Waals surface area contributed by atoms with Gasteiger partial charge in [-0.05, 0) is 30.9 Å². The van der Waals surface area contributed by atoms with Crippen molar-refractivity contribution in [2.75, 3.05) is 13.7 Å². The van der Waals surface area contributed by atoms with E-state index in [2.05, 4.69) is 0 Å². The molecule has 1 aliphatic heterocycles. The molecule has 0 fully saturated rings. The maximum absolute atomic E-state index is 11.4. The van der Waals surface area contributed by atoms with E-state index in [-0.39, 0.29) is 10.3 Å². The Bertz CT molecular complexity index is 541. The molecule has 2 rings (SSSR count). The summed E-state index contributed by atoms with van der Waals surface area (Å²) >= 11 is 2.94. The number of rotatable bonds is 5. The number of fused-ring (bicyclic) bond motifs is 1. The van der Waals surface area contributed by atoms with Crippen molar-refractivity contribution in [3.63, 3.8) is 0 Å². The molecule has 0 unspecified atom stereocenters. The number of primary sulfonamides is 1. The number of ether oxygens (including phenoxy) is 1. The van der Waals surface area contributed by atoms with Crippen LogP contribution in [-0.4, -0.2) is 27.4 Å². The third-order valence-corrected chi connectivity index (χ3v) is 7.16. The van der Waals surface area contributed by atoms with Crippen LogP contribution in [0.4, 0.5) is 0 Å². The van der Waals surface area contributed by atoms with Gasteiger partial charge in [0, 0.05) is 25.0 Å². The van der Waals surface area contributed by atoms with Crippen molar-refractivity contribution in [3.05, 3.63) is 11.6 Å². The summed E-state index contributed by atoms with van der Waals surface area (Å²) < 4.78 is 29.0. The summed E-state index contributed by atoms with van der Waals surface area (Å²) in [6.45, 7) is 0.742. The Balaban J connectivity index is 2.13. The summed E-state index contributed by atoms with van der Waals surface area (Å²) in [5, 5.41) is 5.58. The van der Waals surface area contributed by atoms with Crippen molar-refractivity contribution in [3.8, 4) is 0 Å². The van der Waals surface area contributed by atoms with Crippen LogP contribution in [0.2, 0.25) is 0 Å². The third kappa shape index (κ3) is 3.71. The highest BCUT2D eigenvalue weighted by Gasteiger charge is 2.29. The minimum atomic E-state index is -3.63. The molecule has 8 heteroatoms. The third-order valence-electron chi connectivity index (χ3n) is 3.05. The predicted octanol–water partition coefficient (Wildman–Crippen LogP) is 1.69. The van der Waals surface area contributed by atoms with Gasteiger partial charge in [0.2, 0.25) is 10.0 Å². The Labute approximate surface area is 121 Å². The fourth-order valence-electron chi connectivity index (χ4n) is 2.10. The maximum atomic E-state index is 11.4. The van der Waals surface area contributed by atoms with E-state index in [1.165, 1.54) is 11.3 Å². The van der Waals surface area contributed by atoms with Gasteiger partial charge in [-0.3, -0.25) is 0 Å². The molecule has 1 aliphatic rings. The molecule has 19 heavy (non-hydrogen) atoms. The van der Waals surface area contributed by atoms with Crippen molar-refractivity contribution < 1.29 is 13.2 Å². The van der Waals surface area contributed by atoms with E-state index in [0.29, 0.717) is 5.25 Å². The van der Waals surface area contributed by atoms with Gasteiger partial charge in [-0.1, -0.05) is 0 Å². The van der Waals surface area contributed by atoms with Gasteiger partial charge in [0.15, 0.2) is 0 Å². The highest BCUT2D eigenvalue weighted by atomic mass is 32.3. The maximum Gasteiger partial charge on any atom is 0.247 e. The molecule has 108 valence electrons. The molecule has 0 aromatic carbocycles. The SMILES string of the molecule is COCCC[C@H]1C[C@H](N)c2cc(S(N)(=O)=O)sc2S1. The first-order valence-electron chi connectivity index (χ1n) is 5.99. The molecule has 0 aliphatic carbocycles. The molecule has 1 aromatic rings. The topological polar surface area (TPSA) is 95.4 Å². The highest BCUT2D eigenvalue weighted by molar-refractivity contribution is 8.02. The van der Waals surface area contributed by atoms with Crippen LogP contribution < -0.4 is 10.9 Å². The molecule has 0 amide bonds. The van der Waals surface area contributed by atoms with Crippen molar-refractivity contribution in [1.82, 2.24) is 0 Å². The van der Waals surface area contributed by atoms with E-state index >= 15 is 0 Å². The first-order chi connectivity index (χ1) is 8.91. The van der Waals surface area contributed by atoms with Crippen LogP contribution in [0.1, 0.15) is 30.9 Å². The largest absolute Gasteiger partial charge is 0.385 e. The van der Waals surface area contributed by atoms with E-state index in [1.807, 2.05) is 0 Å². The fourth-order valence-corrected chi connectivity index (χ4v) is 6.07. The molecule has 4 N–H and O–H groups in total. The van der Waals surface area contributed by atoms with Crippen LogP contribution in [0.5, 0.6) is 0 Å². The van der Waals surface area contributed by atoms with Crippen LogP contribution >= 0.6 is 23.1 Å². The number of thioether (sulfide) groups is 1. The van der Waals surface area contributed by atoms with E-state index in [1.54, 1.807) is 24.9 Å². The van der Waals surface area contributed by atoms with E-state index in [9.17, 15) is 8.42 Å². The number of nitrogens with two attached hydrogens (primary N) is 2. The van der Waals surface area contributed by atoms with E-state index < -0.39 is 10.0 Å². The molecule has 2 heterocycles. The lowest BCUT2D eigenvalue weighted by Crippen LogP contribution is -2.21. The Hall–Kier alpha value is -0.120. The quantitative estimate of drug-likeness (QED) is 0.804. The lowest BCUT2D eigenvalue weighted by Gasteiger charge is -2.26. The molecule has 1 aromatic heterocycles. The van der Waals surface area contributed by atoms with E-state index in [0.717, 1.165) is 35.6 Å². The zero-order valence-electron chi connectivity index (χ0n) is 10.7. The van der Waals surface area contributed by atoms with E-state index in [4.69, 9.17) is 15.6 Å². The molecule has 0 bridgehead atoms. The molecule has 0 saturated heterocycles. The zero-order chi connectivity index (χ0) is 14.0. The molecular formula is C11H18N2O3S3. The normalized spacial score (nSPS) is 23.3. The molecule has 2 atom stereocenters. The molecule has 0 radical (unpaired) electrons. The van der Waals surface area contributed by atoms with Gasteiger partial charge >= 0.3 is 0 Å². The Morgan fingerprint density at radius 1 is 1.53 bits per heavy atom. The predicted molar refractivity (Wildman–Crippen MR) is 78.0 cm³/mol. The van der Waals surface area contributed by atoms with Crippen LogP contribution in [0, 0.1) is 0 Å². The van der Waals surface area contributed by atoms with Gasteiger partial charge in [0.1, 0.15) is 4.21 Å². The second-order valence-electron chi connectivity index (χ2n) is 4.57. The van der Waals surface area contributed by atoms with Crippen molar-refractivity contribution in [1.29, 1.82) is 0 Å². The van der Waals surface area contributed by atoms with Crippen LogP contribution in [0.3, 0.4) is 0 Å². The summed E-state index contributed by atoms with van der Waals surface area (Å²) in [5.41, 5.74) is 7.04. The number of sulfonamides is 1. The average molecular weight is 322 g/mol. The lowest BCUT2D eigenvalue weighted by atomic mass is 10.0. The lowest BCUT2D eigenvalue weighted by molar-refractivity contribution is 0.192. The average Bonchev–Trinajstić information content (AvgIpc) is 2.73. The van der Waals surface area contributed by atoms with Gasteiger partial charge in [0.05, 0.1) is 4.21 Å². The molecule has 0 saturated carbocycles. The number of methoxy groups -OCH3 is 1. The summed E-state index contributed by atoms with van der Waals surface area (Å²) in [4.78, 5) is 0. The fraction of sp³-hybridized carbons (Fsp3) is 0.636. The minimum Gasteiger partial charge on any atom is -0.385 e. The van der Waals surface area contributed by atoms with Gasteiger partial charge in [-0.2, -0.15) is 0 Å². The van der Waals surface area contributed by atoms with Crippen molar-refractivity contribution >= 4 is 33.1 Å². The monoisotopic (exact) mass is 322 g/mol. The van der Waals surface area contributed by atoms with Crippen LogP contribution in [0.15, 0.2) is 14.5 Å². The molecule has 0 spiro atoms. The Morgan fingerprint density at radius 2 is 2.26 bits per heavy atom. The van der Waals surface area contributed by atoms with Gasteiger partial charge < -0.3 is 10.5 Å². The van der Waals surface area contributed by atoms with Crippen molar-refractivity contribution in [2.24, 2.45) is 10.9 Å². The summed E-state index contributed by atoms with van der Waals surface area (Å²) in [6.07, 6.45) is 2.88. The summed E-state index contributed by atoms with van der Waals surface area (Å²) in [7, 11) is -1.94. The summed E-state index contributed by atoms with van der Waals surface area (Å²) in [5.74, 6) is 0. The number of hydrogen-bond donors (Lipinski definition) is 2. The highest BCUT2D eigenvalue weighted by Crippen LogP contribution is 2.46. The first-order valence-corrected chi connectivity index (χ1v) is 9.23. The Kier molecular flexibility index (Phi) is 4.91. The first kappa shape index (κ1) is 15.3. The zero-order valence-corrected chi connectivity index (χ0v) is 13.1. The van der Waals surface area contributed by atoms with Crippen LogP contribution in [-0.2, 0) is 14.8 Å². The minimum absolute atomic E-state index is 0.101. The van der Waals surface area contributed by atoms with Crippen molar-refractivity contribution in [2.45, 2.75) is 39.0 Å². The smallest absolute Gasteiger partial charge is 0.247 e. The number of thiophene rings is 1. The van der Waals surface area contributed by atoms with Gasteiger partial charge in [-0.15, -0.1) is 23.1 Å². The number of hydrogen-bond acceptors (Lipinski definition) is 6. The van der Waals surface area contributed by atoms with Crippen LogP contribution in [0.25, 0.3) is 0 Å². The van der Waals surface area contributed by atoms with Gasteiger partial charge in [0.25, 0.3) is 0 Å². The molecule has 5 nitrogen and oxygen atoms in total. The molecular weight excluding hydrogens is 304 g/mol. The standard InChI is InChI=1S/C11H18N2O3S3/c1-16-4-2-3-7-5-9(12)8-6-10(19(13,14)15)18-11(8)17-7/h6-7,9H,2-5,12H2,1H3,(H2,13,14,15)/t7-,9-/m0/s1. The second-order valence-corrected chi connectivity index (χ2v) is 8.98. The second kappa shape index (κ2) is 6.11. The summed E-state index contributed by atoms with van der Waals surface area (Å²) in [6, 6.07) is 1.52. The Morgan fingerprint density at radius 3 is 2.89 bits per heavy atom.